The van der Waals surface area contributed by atoms with Crippen molar-refractivity contribution in [2.45, 2.75) is 30.6 Å². The van der Waals surface area contributed by atoms with Crippen molar-refractivity contribution in [1.82, 2.24) is 9.97 Å². The summed E-state index contributed by atoms with van der Waals surface area (Å²) in [5.41, 5.74) is 6.42. The second kappa shape index (κ2) is 4.70. The van der Waals surface area contributed by atoms with E-state index in [1.165, 1.54) is 25.6 Å². The van der Waals surface area contributed by atoms with Crippen molar-refractivity contribution in [3.8, 4) is 0 Å². The summed E-state index contributed by atoms with van der Waals surface area (Å²) in [6, 6.07) is 0.497. The number of hydrogen-bond donors (Lipinski definition) is 2. The summed E-state index contributed by atoms with van der Waals surface area (Å²) in [4.78, 5) is 8.03. The molecule has 1 saturated carbocycles. The lowest BCUT2D eigenvalue weighted by Gasteiger charge is -2.20. The fraction of sp³-hybridized carbons (Fsp3) is 0.600. The molecular formula is C10H16N4S. The maximum absolute atomic E-state index is 5.79. The number of anilines is 2. The van der Waals surface area contributed by atoms with E-state index in [9.17, 15) is 0 Å². The topological polar surface area (TPSA) is 63.8 Å². The van der Waals surface area contributed by atoms with Crippen LogP contribution >= 0.6 is 11.8 Å². The largest absolute Gasteiger partial charge is 0.394 e. The third-order valence-corrected chi connectivity index (χ3v) is 3.99. The van der Waals surface area contributed by atoms with Gasteiger partial charge in [-0.2, -0.15) is 11.8 Å². The van der Waals surface area contributed by atoms with E-state index in [-0.39, 0.29) is 0 Å². The van der Waals surface area contributed by atoms with Crippen LogP contribution in [0.5, 0.6) is 0 Å². The molecule has 0 spiro atoms. The maximum atomic E-state index is 5.79. The first-order valence-corrected chi connectivity index (χ1v) is 6.45. The molecule has 1 heterocycles. The summed E-state index contributed by atoms with van der Waals surface area (Å²) in [6.45, 7) is 0. The first kappa shape index (κ1) is 10.5. The van der Waals surface area contributed by atoms with Gasteiger partial charge in [0.1, 0.15) is 6.33 Å². The molecule has 82 valence electrons. The van der Waals surface area contributed by atoms with Crippen LogP contribution < -0.4 is 11.1 Å². The third kappa shape index (κ3) is 2.34. The van der Waals surface area contributed by atoms with E-state index in [1.807, 2.05) is 11.8 Å². The van der Waals surface area contributed by atoms with Gasteiger partial charge >= 0.3 is 0 Å². The van der Waals surface area contributed by atoms with Crippen molar-refractivity contribution in [3.05, 3.63) is 12.5 Å². The predicted molar refractivity (Wildman–Crippen MR) is 65.0 cm³/mol. The lowest BCUT2D eigenvalue weighted by atomic mass is 10.2. The Morgan fingerprint density at radius 3 is 3.13 bits per heavy atom. The lowest BCUT2D eigenvalue weighted by molar-refractivity contribution is 0.763. The number of thioether (sulfide) groups is 1. The van der Waals surface area contributed by atoms with Crippen LogP contribution in [0, 0.1) is 0 Å². The Bertz CT molecular complexity index is 331. The van der Waals surface area contributed by atoms with Crippen LogP contribution in [0.15, 0.2) is 12.5 Å². The van der Waals surface area contributed by atoms with Crippen LogP contribution in [0.2, 0.25) is 0 Å². The highest BCUT2D eigenvalue weighted by molar-refractivity contribution is 7.99. The lowest BCUT2D eigenvalue weighted by Crippen LogP contribution is -2.26. The molecule has 0 bridgehead atoms. The molecule has 0 amide bonds. The Labute approximate surface area is 94.1 Å². The van der Waals surface area contributed by atoms with Gasteiger partial charge in [0.2, 0.25) is 0 Å². The molecule has 0 aliphatic heterocycles. The molecule has 5 heteroatoms. The molecule has 1 aliphatic carbocycles. The molecule has 1 aromatic heterocycles. The number of rotatable bonds is 3. The van der Waals surface area contributed by atoms with Gasteiger partial charge in [0, 0.05) is 11.3 Å². The fourth-order valence-corrected chi connectivity index (χ4v) is 2.94. The quantitative estimate of drug-likeness (QED) is 0.819. The summed E-state index contributed by atoms with van der Waals surface area (Å²) < 4.78 is 0. The molecule has 15 heavy (non-hydrogen) atoms. The predicted octanol–water partition coefficient (Wildman–Crippen LogP) is 1.75. The smallest absolute Gasteiger partial charge is 0.152 e. The molecule has 2 rings (SSSR count). The maximum Gasteiger partial charge on any atom is 0.152 e. The van der Waals surface area contributed by atoms with Gasteiger partial charge in [-0.15, -0.1) is 0 Å². The monoisotopic (exact) mass is 224 g/mol. The molecule has 1 aromatic rings. The van der Waals surface area contributed by atoms with Gasteiger partial charge in [-0.25, -0.2) is 9.97 Å². The number of nitrogen functional groups attached to an aromatic ring is 1. The Morgan fingerprint density at radius 2 is 2.40 bits per heavy atom. The Kier molecular flexibility index (Phi) is 3.30. The molecule has 0 aromatic carbocycles. The van der Waals surface area contributed by atoms with E-state index < -0.39 is 0 Å². The van der Waals surface area contributed by atoms with E-state index in [0.717, 1.165) is 5.82 Å². The van der Waals surface area contributed by atoms with E-state index in [4.69, 9.17) is 5.73 Å². The van der Waals surface area contributed by atoms with Gasteiger partial charge < -0.3 is 11.1 Å². The van der Waals surface area contributed by atoms with Crippen molar-refractivity contribution in [2.24, 2.45) is 0 Å². The van der Waals surface area contributed by atoms with Crippen molar-refractivity contribution in [1.29, 1.82) is 0 Å². The molecule has 2 unspecified atom stereocenters. The molecule has 1 aliphatic rings. The minimum absolute atomic E-state index is 0.497. The van der Waals surface area contributed by atoms with Gasteiger partial charge in [0.15, 0.2) is 5.82 Å². The minimum Gasteiger partial charge on any atom is -0.394 e. The zero-order valence-electron chi connectivity index (χ0n) is 8.81. The van der Waals surface area contributed by atoms with Gasteiger partial charge in [-0.1, -0.05) is 6.42 Å². The summed E-state index contributed by atoms with van der Waals surface area (Å²) in [5.74, 6) is 0.774. The number of nitrogens with zero attached hydrogens (tertiary/aromatic N) is 2. The number of nitrogens with one attached hydrogen (secondary N) is 1. The highest BCUT2D eigenvalue weighted by Crippen LogP contribution is 2.31. The molecular weight excluding hydrogens is 208 g/mol. The van der Waals surface area contributed by atoms with Crippen molar-refractivity contribution in [3.63, 3.8) is 0 Å². The van der Waals surface area contributed by atoms with E-state index >= 15 is 0 Å². The molecule has 2 atom stereocenters. The van der Waals surface area contributed by atoms with Crippen molar-refractivity contribution >= 4 is 23.3 Å². The fourth-order valence-electron chi connectivity index (χ4n) is 2.01. The zero-order valence-corrected chi connectivity index (χ0v) is 9.63. The van der Waals surface area contributed by atoms with Crippen LogP contribution in [0.25, 0.3) is 0 Å². The minimum atomic E-state index is 0.497. The van der Waals surface area contributed by atoms with E-state index in [1.54, 1.807) is 6.20 Å². The number of aromatic nitrogens is 2. The van der Waals surface area contributed by atoms with Crippen LogP contribution in [0.3, 0.4) is 0 Å². The molecule has 3 N–H and O–H groups in total. The normalized spacial score (nSPS) is 25.4. The van der Waals surface area contributed by atoms with Gasteiger partial charge in [-0.05, 0) is 19.1 Å². The second-order valence-electron chi connectivity index (χ2n) is 3.78. The first-order valence-electron chi connectivity index (χ1n) is 5.16. The van der Waals surface area contributed by atoms with Gasteiger partial charge in [0.05, 0.1) is 11.9 Å². The average Bonchev–Trinajstić information content (AvgIpc) is 2.69. The molecule has 0 saturated heterocycles. The van der Waals surface area contributed by atoms with E-state index in [2.05, 4.69) is 21.5 Å². The summed E-state index contributed by atoms with van der Waals surface area (Å²) in [5, 5.41) is 4.09. The van der Waals surface area contributed by atoms with Crippen LogP contribution in [-0.4, -0.2) is 27.5 Å². The Hall–Kier alpha value is -0.970. The Morgan fingerprint density at radius 1 is 1.53 bits per heavy atom. The van der Waals surface area contributed by atoms with Gasteiger partial charge in [0.25, 0.3) is 0 Å². The average molecular weight is 224 g/mol. The summed E-state index contributed by atoms with van der Waals surface area (Å²) in [6.07, 6.45) is 9.10. The zero-order chi connectivity index (χ0) is 10.7. The van der Waals surface area contributed by atoms with Crippen molar-refractivity contribution in [2.75, 3.05) is 17.3 Å². The molecule has 0 radical (unpaired) electrons. The highest BCUT2D eigenvalue weighted by Gasteiger charge is 2.26. The first-order chi connectivity index (χ1) is 7.31. The second-order valence-corrected chi connectivity index (χ2v) is 4.86. The SMILES string of the molecule is CSC1CCCC1Nc1ncncc1N. The highest BCUT2D eigenvalue weighted by atomic mass is 32.2. The summed E-state index contributed by atoms with van der Waals surface area (Å²) in [7, 11) is 0. The van der Waals surface area contributed by atoms with E-state index in [0.29, 0.717) is 17.0 Å². The third-order valence-electron chi connectivity index (χ3n) is 2.82. The van der Waals surface area contributed by atoms with Crippen molar-refractivity contribution < 1.29 is 0 Å². The summed E-state index contributed by atoms with van der Waals surface area (Å²) >= 11 is 1.92. The number of hydrogen-bond acceptors (Lipinski definition) is 5. The van der Waals surface area contributed by atoms with Crippen LogP contribution in [0.4, 0.5) is 11.5 Å². The molecule has 4 nitrogen and oxygen atoms in total. The Balaban J connectivity index is 2.05. The molecule has 1 fully saturated rings. The van der Waals surface area contributed by atoms with Gasteiger partial charge in [-0.3, -0.25) is 0 Å². The van der Waals surface area contributed by atoms with Crippen LogP contribution in [-0.2, 0) is 0 Å². The van der Waals surface area contributed by atoms with Crippen LogP contribution in [0.1, 0.15) is 19.3 Å². The number of nitrogens with two attached hydrogens (primary N) is 1. The standard InChI is InChI=1S/C10H16N4S/c1-15-9-4-2-3-8(9)14-10-7(11)5-12-6-13-10/h5-6,8-9H,2-4,11H2,1H3,(H,12,13,14).